The van der Waals surface area contributed by atoms with Gasteiger partial charge in [0.2, 0.25) is 0 Å². The van der Waals surface area contributed by atoms with Crippen LogP contribution in [0.15, 0.2) is 89.8 Å². The molecule has 0 bridgehead atoms. The fraction of sp³-hybridized carbons (Fsp3) is 0.103. The Balaban J connectivity index is 1.34. The van der Waals surface area contributed by atoms with E-state index in [2.05, 4.69) is 0 Å². The van der Waals surface area contributed by atoms with Crippen molar-refractivity contribution >= 4 is 51.4 Å². The summed E-state index contributed by atoms with van der Waals surface area (Å²) in [5.74, 6) is 0.764. The minimum absolute atomic E-state index is 0.224. The highest BCUT2D eigenvalue weighted by atomic mass is 35.5. The van der Waals surface area contributed by atoms with Crippen LogP contribution in [0.1, 0.15) is 16.7 Å². The number of halogens is 1. The van der Waals surface area contributed by atoms with E-state index in [0.717, 1.165) is 39.2 Å². The van der Waals surface area contributed by atoms with Gasteiger partial charge in [0.25, 0.3) is 11.1 Å². The van der Waals surface area contributed by atoms with Crippen LogP contribution in [0.25, 0.3) is 16.8 Å². The van der Waals surface area contributed by atoms with Gasteiger partial charge in [0.1, 0.15) is 6.61 Å². The number of benzene rings is 4. The maximum absolute atomic E-state index is 13.1. The second kappa shape index (κ2) is 10.5. The van der Waals surface area contributed by atoms with Gasteiger partial charge in [-0.2, -0.15) is 0 Å². The molecule has 0 aliphatic carbocycles. The van der Waals surface area contributed by atoms with Crippen LogP contribution in [-0.4, -0.2) is 23.2 Å². The maximum atomic E-state index is 13.1. The fourth-order valence-corrected chi connectivity index (χ4v) is 5.08. The van der Waals surface area contributed by atoms with Gasteiger partial charge in [0.05, 0.1) is 18.6 Å². The van der Waals surface area contributed by atoms with E-state index in [1.54, 1.807) is 25.3 Å². The number of hydrogen-bond acceptors (Lipinski definition) is 5. The van der Waals surface area contributed by atoms with Gasteiger partial charge in [-0.15, -0.1) is 0 Å². The molecule has 180 valence electrons. The molecule has 0 N–H and O–H groups in total. The number of hydrogen-bond donors (Lipinski definition) is 0. The Morgan fingerprint density at radius 3 is 2.47 bits per heavy atom. The predicted molar refractivity (Wildman–Crippen MR) is 144 cm³/mol. The highest BCUT2D eigenvalue weighted by Gasteiger charge is 2.35. The Bertz CT molecular complexity index is 1490. The Kier molecular flexibility index (Phi) is 6.98. The van der Waals surface area contributed by atoms with Gasteiger partial charge in [0.15, 0.2) is 11.5 Å². The number of thioether (sulfide) groups is 1. The molecular weight excluding hydrogens is 494 g/mol. The van der Waals surface area contributed by atoms with Crippen molar-refractivity contribution in [2.45, 2.75) is 13.2 Å². The molecule has 0 aromatic heterocycles. The van der Waals surface area contributed by atoms with Crippen molar-refractivity contribution in [2.75, 3.05) is 7.11 Å². The standard InChI is InChI=1S/C29H22ClNO4S/c1-34-26-15-19(13-14-25(26)35-18-22-8-3-5-12-24(22)30)16-27-28(32)31(29(33)36-27)17-21-10-6-9-20-7-2-4-11-23(20)21/h2-16H,17-18H2,1H3/b27-16+. The second-order valence-electron chi connectivity index (χ2n) is 8.20. The van der Waals surface area contributed by atoms with Gasteiger partial charge in [-0.05, 0) is 57.9 Å². The number of imide groups is 1. The molecule has 0 saturated carbocycles. The minimum atomic E-state index is -0.309. The van der Waals surface area contributed by atoms with Gasteiger partial charge in [-0.25, -0.2) is 0 Å². The van der Waals surface area contributed by atoms with E-state index in [-0.39, 0.29) is 17.7 Å². The quantitative estimate of drug-likeness (QED) is 0.241. The van der Waals surface area contributed by atoms with E-state index >= 15 is 0 Å². The van der Waals surface area contributed by atoms with E-state index in [1.165, 1.54) is 4.90 Å². The highest BCUT2D eigenvalue weighted by Crippen LogP contribution is 2.36. The van der Waals surface area contributed by atoms with Crippen molar-refractivity contribution in [3.63, 3.8) is 0 Å². The number of amides is 2. The Morgan fingerprint density at radius 2 is 1.64 bits per heavy atom. The number of carbonyl (C=O) groups is 2. The number of rotatable bonds is 7. The van der Waals surface area contributed by atoms with Gasteiger partial charge in [-0.3, -0.25) is 14.5 Å². The van der Waals surface area contributed by atoms with Gasteiger partial charge in [0, 0.05) is 10.6 Å². The van der Waals surface area contributed by atoms with Crippen molar-refractivity contribution in [3.8, 4) is 11.5 Å². The molecule has 0 unspecified atom stereocenters. The zero-order valence-electron chi connectivity index (χ0n) is 19.4. The Labute approximate surface area is 218 Å². The molecule has 4 aromatic carbocycles. The number of fused-ring (bicyclic) bond motifs is 1. The summed E-state index contributed by atoms with van der Waals surface area (Å²) in [5.41, 5.74) is 2.52. The topological polar surface area (TPSA) is 55.8 Å². The van der Waals surface area contributed by atoms with E-state index in [9.17, 15) is 9.59 Å². The predicted octanol–water partition coefficient (Wildman–Crippen LogP) is 7.32. The summed E-state index contributed by atoms with van der Waals surface area (Å²) >= 11 is 7.16. The van der Waals surface area contributed by atoms with Crippen LogP contribution in [0.2, 0.25) is 5.02 Å². The fourth-order valence-electron chi connectivity index (χ4n) is 4.05. The third kappa shape index (κ3) is 4.96. The lowest BCUT2D eigenvalue weighted by Crippen LogP contribution is -2.27. The molecule has 1 aliphatic rings. The van der Waals surface area contributed by atoms with E-state index < -0.39 is 0 Å². The first-order valence-electron chi connectivity index (χ1n) is 11.3. The SMILES string of the molecule is COc1cc(/C=C2/SC(=O)N(Cc3cccc4ccccc34)C2=O)ccc1OCc1ccccc1Cl. The largest absolute Gasteiger partial charge is 0.493 e. The van der Waals surface area contributed by atoms with Crippen LogP contribution in [0.3, 0.4) is 0 Å². The minimum Gasteiger partial charge on any atom is -0.493 e. The van der Waals surface area contributed by atoms with Gasteiger partial charge >= 0.3 is 0 Å². The molecule has 1 fully saturated rings. The van der Waals surface area contributed by atoms with Crippen LogP contribution in [-0.2, 0) is 17.9 Å². The van der Waals surface area contributed by atoms with Crippen molar-refractivity contribution < 1.29 is 19.1 Å². The van der Waals surface area contributed by atoms with Gasteiger partial charge in [-0.1, -0.05) is 78.3 Å². The maximum Gasteiger partial charge on any atom is 0.293 e. The van der Waals surface area contributed by atoms with Crippen molar-refractivity contribution in [3.05, 3.63) is 112 Å². The molecule has 36 heavy (non-hydrogen) atoms. The van der Waals surface area contributed by atoms with Crippen molar-refractivity contribution in [1.29, 1.82) is 0 Å². The van der Waals surface area contributed by atoms with Gasteiger partial charge < -0.3 is 9.47 Å². The third-order valence-corrected chi connectivity index (χ3v) is 7.18. The number of carbonyl (C=O) groups excluding carboxylic acids is 2. The Morgan fingerprint density at radius 1 is 0.889 bits per heavy atom. The molecule has 2 amide bonds. The molecule has 5 rings (SSSR count). The average Bonchev–Trinajstić information content (AvgIpc) is 3.16. The van der Waals surface area contributed by atoms with Crippen molar-refractivity contribution in [1.82, 2.24) is 4.90 Å². The smallest absolute Gasteiger partial charge is 0.293 e. The van der Waals surface area contributed by atoms with Crippen LogP contribution in [0, 0.1) is 0 Å². The summed E-state index contributed by atoms with van der Waals surface area (Å²) in [4.78, 5) is 27.5. The number of nitrogens with zero attached hydrogens (tertiary/aromatic N) is 1. The summed E-state index contributed by atoms with van der Waals surface area (Å²) in [5, 5.41) is 2.44. The molecule has 7 heteroatoms. The number of ether oxygens (including phenoxy) is 2. The summed E-state index contributed by atoms with van der Waals surface area (Å²) in [6, 6.07) is 26.7. The molecule has 0 radical (unpaired) electrons. The molecular formula is C29H22ClNO4S. The first-order valence-corrected chi connectivity index (χ1v) is 12.5. The molecule has 5 nitrogen and oxygen atoms in total. The van der Waals surface area contributed by atoms with Crippen molar-refractivity contribution in [2.24, 2.45) is 0 Å². The molecule has 4 aromatic rings. The summed E-state index contributed by atoms with van der Waals surface area (Å²) in [6.45, 7) is 0.518. The molecule has 1 heterocycles. The van der Waals surface area contributed by atoms with Crippen LogP contribution < -0.4 is 9.47 Å². The first kappa shape index (κ1) is 24.0. The second-order valence-corrected chi connectivity index (χ2v) is 9.60. The zero-order valence-corrected chi connectivity index (χ0v) is 21.0. The van der Waals surface area contributed by atoms with Crippen LogP contribution in [0.5, 0.6) is 11.5 Å². The molecule has 1 aliphatic heterocycles. The Hall–Kier alpha value is -3.74. The molecule has 0 atom stereocenters. The molecule has 0 spiro atoms. The van der Waals surface area contributed by atoms with Crippen LogP contribution in [0.4, 0.5) is 4.79 Å². The first-order chi connectivity index (χ1) is 17.5. The van der Waals surface area contributed by atoms with E-state index in [4.69, 9.17) is 21.1 Å². The number of methoxy groups -OCH3 is 1. The summed E-state index contributed by atoms with van der Waals surface area (Å²) in [7, 11) is 1.56. The lowest BCUT2D eigenvalue weighted by atomic mass is 10.0. The third-order valence-electron chi connectivity index (χ3n) is 5.91. The average molecular weight is 516 g/mol. The normalized spacial score (nSPS) is 14.6. The zero-order chi connectivity index (χ0) is 25.1. The monoisotopic (exact) mass is 515 g/mol. The molecule has 1 saturated heterocycles. The lowest BCUT2D eigenvalue weighted by molar-refractivity contribution is -0.123. The summed E-state index contributed by atoms with van der Waals surface area (Å²) in [6.07, 6.45) is 1.70. The van der Waals surface area contributed by atoms with Crippen LogP contribution >= 0.6 is 23.4 Å². The summed E-state index contributed by atoms with van der Waals surface area (Å²) < 4.78 is 11.4. The van der Waals surface area contributed by atoms with E-state index in [0.29, 0.717) is 28.0 Å². The lowest BCUT2D eigenvalue weighted by Gasteiger charge is -2.14. The highest BCUT2D eigenvalue weighted by molar-refractivity contribution is 8.18. The van der Waals surface area contributed by atoms with E-state index in [1.807, 2.05) is 72.8 Å².